The van der Waals surface area contributed by atoms with Crippen molar-refractivity contribution in [3.05, 3.63) is 81.9 Å². The second kappa shape index (κ2) is 7.70. The second-order valence-electron chi connectivity index (χ2n) is 6.51. The fourth-order valence-corrected chi connectivity index (χ4v) is 3.00. The molecule has 2 aromatic carbocycles. The standard InChI is InChI=1S/C20H15F2N5O2/c21-13-9-12-6-7-15(19(28)25-17(12)14(22)10-13)23-20(29)18-24-16(26-27-18)8-11-4-2-1-3-5-11/h1-6,9-10,15H,7-8H2,(H,23,29)(H,24,26,27)/t15-/m0/s1. The Bertz CT molecular complexity index is 1210. The van der Waals surface area contributed by atoms with Crippen molar-refractivity contribution in [2.45, 2.75) is 18.9 Å². The molecule has 0 unspecified atom stereocenters. The number of nitrogens with one attached hydrogen (secondary N) is 2. The molecule has 0 saturated carbocycles. The van der Waals surface area contributed by atoms with Crippen molar-refractivity contribution in [1.82, 2.24) is 20.5 Å². The minimum absolute atomic E-state index is 0.0330. The van der Waals surface area contributed by atoms with E-state index in [0.717, 1.165) is 11.6 Å². The summed E-state index contributed by atoms with van der Waals surface area (Å²) in [6, 6.07) is 10.2. The minimum Gasteiger partial charge on any atom is -0.337 e. The van der Waals surface area contributed by atoms with E-state index in [-0.39, 0.29) is 22.8 Å². The van der Waals surface area contributed by atoms with Crippen molar-refractivity contribution in [2.75, 3.05) is 0 Å². The molecule has 1 aliphatic heterocycles. The predicted octanol–water partition coefficient (Wildman–Crippen LogP) is 0.803. The van der Waals surface area contributed by atoms with Crippen molar-refractivity contribution in [3.63, 3.8) is 0 Å². The lowest BCUT2D eigenvalue weighted by molar-refractivity contribution is -0.119. The highest BCUT2D eigenvalue weighted by Gasteiger charge is 2.24. The molecule has 0 bridgehead atoms. The molecular weight excluding hydrogens is 380 g/mol. The first-order chi connectivity index (χ1) is 14.0. The average Bonchev–Trinajstić information content (AvgIpc) is 3.10. The smallest absolute Gasteiger partial charge is 0.291 e. The van der Waals surface area contributed by atoms with Gasteiger partial charge in [0.2, 0.25) is 5.82 Å². The zero-order valence-electron chi connectivity index (χ0n) is 15.0. The largest absolute Gasteiger partial charge is 0.337 e. The van der Waals surface area contributed by atoms with Gasteiger partial charge in [0.25, 0.3) is 11.8 Å². The Kier molecular flexibility index (Phi) is 4.94. The molecule has 0 fully saturated rings. The van der Waals surface area contributed by atoms with E-state index < -0.39 is 29.5 Å². The van der Waals surface area contributed by atoms with Crippen LogP contribution >= 0.6 is 0 Å². The number of carbonyl (C=O) groups is 2. The molecule has 4 rings (SSSR count). The molecule has 146 valence electrons. The summed E-state index contributed by atoms with van der Waals surface area (Å²) in [5.41, 5.74) is 0.995. The molecule has 0 spiro atoms. The fraction of sp³-hybridized carbons (Fsp3) is 0.150. The van der Waals surface area contributed by atoms with Crippen LogP contribution in [0.25, 0.3) is 6.08 Å². The Morgan fingerprint density at radius 2 is 2.00 bits per heavy atom. The van der Waals surface area contributed by atoms with E-state index >= 15 is 0 Å². The number of aromatic amines is 1. The van der Waals surface area contributed by atoms with Crippen molar-refractivity contribution >= 4 is 17.9 Å². The average molecular weight is 395 g/mol. The third kappa shape index (κ3) is 4.08. The number of halogens is 2. The lowest BCUT2D eigenvalue weighted by Gasteiger charge is -2.10. The van der Waals surface area contributed by atoms with Crippen LogP contribution in [0.15, 0.2) is 47.5 Å². The number of hydrogen-bond donors (Lipinski definition) is 2. The van der Waals surface area contributed by atoms with Crippen LogP contribution in [-0.4, -0.2) is 33.0 Å². The first kappa shape index (κ1) is 18.6. The Morgan fingerprint density at radius 1 is 1.21 bits per heavy atom. The number of H-pyrrole nitrogens is 1. The lowest BCUT2D eigenvalue weighted by Crippen LogP contribution is -2.40. The van der Waals surface area contributed by atoms with Gasteiger partial charge in [-0.1, -0.05) is 36.4 Å². The highest BCUT2D eigenvalue weighted by molar-refractivity contribution is 5.95. The molecule has 9 heteroatoms. The third-order valence-corrected chi connectivity index (χ3v) is 4.41. The summed E-state index contributed by atoms with van der Waals surface area (Å²) in [6.45, 7) is 0. The van der Waals surface area contributed by atoms with Crippen molar-refractivity contribution in [3.8, 4) is 0 Å². The van der Waals surface area contributed by atoms with E-state index in [0.29, 0.717) is 18.3 Å². The number of amides is 2. The van der Waals surface area contributed by atoms with Crippen LogP contribution in [0.4, 0.5) is 8.78 Å². The van der Waals surface area contributed by atoms with Gasteiger partial charge in [0.15, 0.2) is 5.82 Å². The van der Waals surface area contributed by atoms with Crippen molar-refractivity contribution in [1.29, 1.82) is 0 Å². The van der Waals surface area contributed by atoms with Gasteiger partial charge in [0, 0.05) is 17.7 Å². The summed E-state index contributed by atoms with van der Waals surface area (Å²) in [6.07, 6.45) is 1.96. The molecule has 1 aliphatic rings. The maximum Gasteiger partial charge on any atom is 0.291 e. The first-order valence-electron chi connectivity index (χ1n) is 8.83. The monoisotopic (exact) mass is 395 g/mol. The van der Waals surface area contributed by atoms with Crippen molar-refractivity contribution in [2.24, 2.45) is 4.99 Å². The Hall–Kier alpha value is -3.75. The number of nitrogens with zero attached hydrogens (tertiary/aromatic N) is 3. The number of fused-ring (bicyclic) bond motifs is 1. The van der Waals surface area contributed by atoms with E-state index in [1.807, 2.05) is 30.3 Å². The normalized spacial score (nSPS) is 15.7. The van der Waals surface area contributed by atoms with E-state index in [4.69, 9.17) is 0 Å². The predicted molar refractivity (Wildman–Crippen MR) is 98.1 cm³/mol. The quantitative estimate of drug-likeness (QED) is 0.683. The molecule has 0 saturated heterocycles. The molecule has 3 aromatic rings. The van der Waals surface area contributed by atoms with Gasteiger partial charge in [-0.3, -0.25) is 14.7 Å². The van der Waals surface area contributed by atoms with Crippen LogP contribution in [0.3, 0.4) is 0 Å². The maximum absolute atomic E-state index is 13.9. The van der Waals surface area contributed by atoms with Gasteiger partial charge >= 0.3 is 0 Å². The Morgan fingerprint density at radius 3 is 2.79 bits per heavy atom. The fourth-order valence-electron chi connectivity index (χ4n) is 3.00. The Balaban J connectivity index is 1.50. The van der Waals surface area contributed by atoms with Crippen LogP contribution in [-0.2, 0) is 11.2 Å². The van der Waals surface area contributed by atoms with Gasteiger partial charge in [0.1, 0.15) is 23.0 Å². The van der Waals surface area contributed by atoms with E-state index in [2.05, 4.69) is 25.5 Å². The molecule has 29 heavy (non-hydrogen) atoms. The molecule has 0 aliphatic carbocycles. The summed E-state index contributed by atoms with van der Waals surface area (Å²) in [5, 5.41) is 9.00. The van der Waals surface area contributed by atoms with Gasteiger partial charge in [0.05, 0.1) is 0 Å². The van der Waals surface area contributed by atoms with Gasteiger partial charge in [-0.2, -0.15) is 0 Å². The van der Waals surface area contributed by atoms with Gasteiger partial charge < -0.3 is 5.32 Å². The summed E-state index contributed by atoms with van der Waals surface area (Å²) in [7, 11) is 0. The molecular formula is C20H15F2N5O2. The number of benzene rings is 2. The SMILES string of the molecule is O=C(N[C@H]1CC=c2cc(F)cc(F)c2=NC1=O)c1n[nH]c(Cc2ccccc2)n1. The maximum atomic E-state index is 13.9. The van der Waals surface area contributed by atoms with Crippen LogP contribution < -0.4 is 15.9 Å². The summed E-state index contributed by atoms with van der Waals surface area (Å²) >= 11 is 0. The highest BCUT2D eigenvalue weighted by Crippen LogP contribution is 2.06. The third-order valence-electron chi connectivity index (χ3n) is 4.41. The molecule has 7 nitrogen and oxygen atoms in total. The molecule has 0 radical (unpaired) electrons. The second-order valence-corrected chi connectivity index (χ2v) is 6.51. The molecule has 2 N–H and O–H groups in total. The molecule has 1 atom stereocenters. The minimum atomic E-state index is -1.03. The first-order valence-corrected chi connectivity index (χ1v) is 8.83. The van der Waals surface area contributed by atoms with Crippen LogP contribution in [0, 0.1) is 11.6 Å². The van der Waals surface area contributed by atoms with E-state index in [1.54, 1.807) is 0 Å². The van der Waals surface area contributed by atoms with E-state index in [9.17, 15) is 18.4 Å². The van der Waals surface area contributed by atoms with Crippen LogP contribution in [0.5, 0.6) is 0 Å². The number of hydrogen-bond acceptors (Lipinski definition) is 4. The van der Waals surface area contributed by atoms with Crippen LogP contribution in [0.2, 0.25) is 0 Å². The zero-order chi connectivity index (χ0) is 20.4. The van der Waals surface area contributed by atoms with Gasteiger partial charge in [-0.15, -0.1) is 5.10 Å². The van der Waals surface area contributed by atoms with E-state index in [1.165, 1.54) is 6.08 Å². The number of carbonyl (C=O) groups excluding carboxylic acids is 2. The zero-order valence-corrected chi connectivity index (χ0v) is 15.0. The van der Waals surface area contributed by atoms with Crippen LogP contribution in [0.1, 0.15) is 28.4 Å². The topological polar surface area (TPSA) is 100 Å². The number of aromatic nitrogens is 3. The lowest BCUT2D eigenvalue weighted by atomic mass is 10.1. The van der Waals surface area contributed by atoms with Gasteiger partial charge in [-0.25, -0.2) is 18.8 Å². The summed E-state index contributed by atoms with van der Waals surface area (Å²) < 4.78 is 27.3. The van der Waals surface area contributed by atoms with Crippen molar-refractivity contribution < 1.29 is 18.4 Å². The molecule has 1 aromatic heterocycles. The number of rotatable bonds is 4. The Labute approximate surface area is 163 Å². The molecule has 2 heterocycles. The molecule has 2 amide bonds. The van der Waals surface area contributed by atoms with Gasteiger partial charge in [-0.05, 0) is 18.1 Å². The summed E-state index contributed by atoms with van der Waals surface area (Å²) in [5.74, 6) is -2.73. The highest BCUT2D eigenvalue weighted by atomic mass is 19.1. The summed E-state index contributed by atoms with van der Waals surface area (Å²) in [4.78, 5) is 32.6.